The van der Waals surface area contributed by atoms with Gasteiger partial charge in [-0.2, -0.15) is 0 Å². The van der Waals surface area contributed by atoms with Crippen molar-refractivity contribution in [1.82, 2.24) is 14.9 Å². The van der Waals surface area contributed by atoms with E-state index in [1.807, 2.05) is 13.8 Å². The summed E-state index contributed by atoms with van der Waals surface area (Å²) in [5.74, 6) is -0.749. The van der Waals surface area contributed by atoms with Crippen LogP contribution < -0.4 is 5.32 Å². The first kappa shape index (κ1) is 14.0. The van der Waals surface area contributed by atoms with Crippen molar-refractivity contribution < 1.29 is 14.7 Å². The Morgan fingerprint density at radius 3 is 2.80 bits per heavy atom. The fourth-order valence-electron chi connectivity index (χ4n) is 1.92. The Morgan fingerprint density at radius 2 is 2.15 bits per heavy atom. The molecular formula is C14H17N3O3. The summed E-state index contributed by atoms with van der Waals surface area (Å²) in [6, 6.07) is 4.90. The number of carboxylic acids is 1. The maximum absolute atomic E-state index is 11.8. The summed E-state index contributed by atoms with van der Waals surface area (Å²) in [4.78, 5) is 27.0. The van der Waals surface area contributed by atoms with Crippen LogP contribution in [0.3, 0.4) is 0 Å². The molecule has 0 saturated carbocycles. The van der Waals surface area contributed by atoms with Crippen LogP contribution in [-0.2, 0) is 11.3 Å². The average Bonchev–Trinajstić information content (AvgIpc) is 2.79. The second-order valence-corrected chi connectivity index (χ2v) is 5.05. The Balaban J connectivity index is 2.22. The number of hydrogen-bond donors (Lipinski definition) is 2. The minimum absolute atomic E-state index is 0.112. The van der Waals surface area contributed by atoms with Crippen molar-refractivity contribution >= 4 is 22.9 Å². The van der Waals surface area contributed by atoms with Gasteiger partial charge in [0.1, 0.15) is 12.1 Å². The maximum Gasteiger partial charge on any atom is 0.337 e. The summed E-state index contributed by atoms with van der Waals surface area (Å²) in [5.41, 5.74) is 1.19. The van der Waals surface area contributed by atoms with Crippen LogP contribution in [0.5, 0.6) is 0 Å². The molecule has 1 heterocycles. The van der Waals surface area contributed by atoms with Gasteiger partial charge < -0.3 is 15.0 Å². The number of aromatic nitrogens is 2. The molecule has 0 bridgehead atoms. The lowest BCUT2D eigenvalue weighted by Crippen LogP contribution is -2.30. The minimum Gasteiger partial charge on any atom is -0.478 e. The van der Waals surface area contributed by atoms with Crippen LogP contribution in [0.25, 0.3) is 11.0 Å². The fraction of sp³-hybridized carbons (Fsp3) is 0.357. The zero-order chi connectivity index (χ0) is 14.7. The number of para-hydroxylation sites is 1. The molecule has 0 fully saturated rings. The van der Waals surface area contributed by atoms with Crippen molar-refractivity contribution in [3.63, 3.8) is 0 Å². The van der Waals surface area contributed by atoms with Crippen LogP contribution in [0.4, 0.5) is 0 Å². The van der Waals surface area contributed by atoms with Crippen molar-refractivity contribution in [2.24, 2.45) is 5.92 Å². The second-order valence-electron chi connectivity index (χ2n) is 5.05. The van der Waals surface area contributed by atoms with Crippen LogP contribution in [0.2, 0.25) is 0 Å². The molecule has 0 atom stereocenters. The molecular weight excluding hydrogens is 258 g/mol. The topological polar surface area (TPSA) is 84.2 Å². The van der Waals surface area contributed by atoms with Gasteiger partial charge in [-0.15, -0.1) is 0 Å². The van der Waals surface area contributed by atoms with Gasteiger partial charge in [-0.25, -0.2) is 9.78 Å². The van der Waals surface area contributed by atoms with Gasteiger partial charge in [0.15, 0.2) is 0 Å². The molecule has 1 aromatic carbocycles. The van der Waals surface area contributed by atoms with Crippen LogP contribution in [0.15, 0.2) is 24.5 Å². The number of nitrogens with one attached hydrogen (secondary N) is 1. The number of fused-ring (bicyclic) bond motifs is 1. The number of benzene rings is 1. The van der Waals surface area contributed by atoms with Crippen LogP contribution in [0, 0.1) is 5.92 Å². The highest BCUT2D eigenvalue weighted by atomic mass is 16.4. The Bertz CT molecular complexity index is 646. The van der Waals surface area contributed by atoms with Crippen LogP contribution >= 0.6 is 0 Å². The minimum atomic E-state index is -1.02. The third kappa shape index (κ3) is 2.96. The molecule has 1 amide bonds. The third-order valence-electron chi connectivity index (χ3n) is 2.90. The number of nitrogens with zero attached hydrogens (tertiary/aromatic N) is 2. The summed E-state index contributed by atoms with van der Waals surface area (Å²) >= 11 is 0. The lowest BCUT2D eigenvalue weighted by Gasteiger charge is -2.08. The quantitative estimate of drug-likeness (QED) is 0.866. The number of amides is 1. The predicted molar refractivity (Wildman–Crippen MR) is 74.5 cm³/mol. The van der Waals surface area contributed by atoms with Gasteiger partial charge in [0.2, 0.25) is 5.91 Å². The Hall–Kier alpha value is -2.37. The molecule has 2 N–H and O–H groups in total. The number of carboxylic acid groups (broad SMARTS) is 1. The number of imidazole rings is 1. The number of rotatable bonds is 5. The van der Waals surface area contributed by atoms with E-state index >= 15 is 0 Å². The van der Waals surface area contributed by atoms with Crippen LogP contribution in [-0.4, -0.2) is 33.1 Å². The molecule has 1 aromatic heterocycles. The van der Waals surface area contributed by atoms with Gasteiger partial charge in [0, 0.05) is 6.54 Å². The van der Waals surface area contributed by atoms with E-state index < -0.39 is 5.97 Å². The molecule has 0 radical (unpaired) electrons. The summed E-state index contributed by atoms with van der Waals surface area (Å²) in [6.45, 7) is 4.79. The number of aromatic carboxylic acids is 1. The first-order chi connectivity index (χ1) is 9.49. The molecule has 2 aromatic rings. The molecule has 0 saturated heterocycles. The van der Waals surface area contributed by atoms with Crippen molar-refractivity contribution in [2.45, 2.75) is 20.4 Å². The highest BCUT2D eigenvalue weighted by Gasteiger charge is 2.13. The van der Waals surface area contributed by atoms with Gasteiger partial charge in [0.25, 0.3) is 0 Å². The van der Waals surface area contributed by atoms with Gasteiger partial charge in [-0.1, -0.05) is 19.9 Å². The van der Waals surface area contributed by atoms with E-state index in [0.717, 1.165) is 0 Å². The predicted octanol–water partition coefficient (Wildman–Crippen LogP) is 1.51. The van der Waals surface area contributed by atoms with Gasteiger partial charge >= 0.3 is 5.97 Å². The van der Waals surface area contributed by atoms with E-state index in [-0.39, 0.29) is 18.0 Å². The van der Waals surface area contributed by atoms with E-state index in [1.54, 1.807) is 16.7 Å². The first-order valence-electron chi connectivity index (χ1n) is 6.43. The van der Waals surface area contributed by atoms with E-state index in [0.29, 0.717) is 23.5 Å². The highest BCUT2D eigenvalue weighted by molar-refractivity contribution is 6.01. The molecule has 6 nitrogen and oxygen atoms in total. The molecule has 6 heteroatoms. The standard InChI is InChI=1S/C14H17N3O3/c1-9(2)6-15-12(18)7-17-8-16-13-10(14(19)20)4-3-5-11(13)17/h3-5,8-9H,6-7H2,1-2H3,(H,15,18)(H,19,20). The molecule has 2 rings (SSSR count). The molecule has 0 unspecified atom stereocenters. The molecule has 0 spiro atoms. The number of carbonyl (C=O) groups excluding carboxylic acids is 1. The lowest BCUT2D eigenvalue weighted by molar-refractivity contribution is -0.121. The summed E-state index contributed by atoms with van der Waals surface area (Å²) < 4.78 is 1.65. The van der Waals surface area contributed by atoms with E-state index in [1.165, 1.54) is 12.4 Å². The van der Waals surface area contributed by atoms with Crippen molar-refractivity contribution in [1.29, 1.82) is 0 Å². The zero-order valence-corrected chi connectivity index (χ0v) is 11.5. The Labute approximate surface area is 116 Å². The van der Waals surface area contributed by atoms with Crippen molar-refractivity contribution in [3.05, 3.63) is 30.1 Å². The Kier molecular flexibility index (Phi) is 4.02. The SMILES string of the molecule is CC(C)CNC(=O)Cn1cnc2c(C(=O)O)cccc21. The maximum atomic E-state index is 11.8. The second kappa shape index (κ2) is 5.73. The molecule has 0 aliphatic carbocycles. The normalized spacial score (nSPS) is 10.9. The highest BCUT2D eigenvalue weighted by Crippen LogP contribution is 2.17. The van der Waals surface area contributed by atoms with Crippen LogP contribution in [0.1, 0.15) is 24.2 Å². The average molecular weight is 275 g/mol. The Morgan fingerprint density at radius 1 is 1.40 bits per heavy atom. The van der Waals surface area contributed by atoms with E-state index in [9.17, 15) is 9.59 Å². The van der Waals surface area contributed by atoms with E-state index in [2.05, 4.69) is 10.3 Å². The largest absolute Gasteiger partial charge is 0.478 e. The van der Waals surface area contributed by atoms with Gasteiger partial charge in [-0.05, 0) is 18.1 Å². The lowest BCUT2D eigenvalue weighted by atomic mass is 10.2. The fourth-order valence-corrected chi connectivity index (χ4v) is 1.92. The molecule has 20 heavy (non-hydrogen) atoms. The molecule has 0 aliphatic rings. The van der Waals surface area contributed by atoms with Gasteiger partial charge in [-0.3, -0.25) is 4.79 Å². The smallest absolute Gasteiger partial charge is 0.337 e. The monoisotopic (exact) mass is 275 g/mol. The molecule has 0 aliphatic heterocycles. The number of carbonyl (C=O) groups is 2. The third-order valence-corrected chi connectivity index (χ3v) is 2.90. The summed E-state index contributed by atoms with van der Waals surface area (Å²) in [7, 11) is 0. The zero-order valence-electron chi connectivity index (χ0n) is 11.5. The van der Waals surface area contributed by atoms with Crippen molar-refractivity contribution in [2.75, 3.05) is 6.54 Å². The van der Waals surface area contributed by atoms with Crippen molar-refractivity contribution in [3.8, 4) is 0 Å². The number of hydrogen-bond acceptors (Lipinski definition) is 3. The van der Waals surface area contributed by atoms with Gasteiger partial charge in [0.05, 0.1) is 17.4 Å². The first-order valence-corrected chi connectivity index (χ1v) is 6.43. The van der Waals surface area contributed by atoms with E-state index in [4.69, 9.17) is 5.11 Å². The molecule has 106 valence electrons. The summed E-state index contributed by atoms with van der Waals surface area (Å²) in [5, 5.41) is 11.9. The summed E-state index contributed by atoms with van der Waals surface area (Å²) in [6.07, 6.45) is 1.49.